The molecule has 0 radical (unpaired) electrons. The SMILES string of the molecule is CCc1cnc(C)nc1N(C)CC1COCCO1. The highest BCUT2D eigenvalue weighted by molar-refractivity contribution is 5.45. The summed E-state index contributed by atoms with van der Waals surface area (Å²) >= 11 is 0. The molecule has 1 aliphatic heterocycles. The van der Waals surface area contributed by atoms with Crippen molar-refractivity contribution in [3.8, 4) is 0 Å². The van der Waals surface area contributed by atoms with Gasteiger partial charge in [0, 0.05) is 25.4 Å². The minimum absolute atomic E-state index is 0.128. The van der Waals surface area contributed by atoms with Crippen molar-refractivity contribution in [2.45, 2.75) is 26.4 Å². The lowest BCUT2D eigenvalue weighted by atomic mass is 10.2. The lowest BCUT2D eigenvalue weighted by Gasteiger charge is -2.29. The third-order valence-corrected chi connectivity index (χ3v) is 3.07. The topological polar surface area (TPSA) is 47.5 Å². The fourth-order valence-electron chi connectivity index (χ4n) is 2.10. The number of aromatic nitrogens is 2. The zero-order valence-electron chi connectivity index (χ0n) is 11.3. The van der Waals surface area contributed by atoms with E-state index in [0.29, 0.717) is 19.8 Å². The van der Waals surface area contributed by atoms with Crippen LogP contribution in [0.4, 0.5) is 5.82 Å². The molecule has 0 saturated carbocycles. The van der Waals surface area contributed by atoms with Gasteiger partial charge in [-0.25, -0.2) is 9.97 Å². The van der Waals surface area contributed by atoms with Crippen LogP contribution >= 0.6 is 0 Å². The number of nitrogens with zero attached hydrogens (tertiary/aromatic N) is 3. The molecule has 2 rings (SSSR count). The predicted molar refractivity (Wildman–Crippen MR) is 70.0 cm³/mol. The Morgan fingerprint density at radius 1 is 1.44 bits per heavy atom. The molecule has 18 heavy (non-hydrogen) atoms. The van der Waals surface area contributed by atoms with Gasteiger partial charge in [-0.3, -0.25) is 0 Å². The molecule has 5 heteroatoms. The van der Waals surface area contributed by atoms with Crippen LogP contribution in [0.25, 0.3) is 0 Å². The Kier molecular flexibility index (Phi) is 4.49. The number of ether oxygens (including phenoxy) is 2. The van der Waals surface area contributed by atoms with Gasteiger partial charge in [0.2, 0.25) is 0 Å². The summed E-state index contributed by atoms with van der Waals surface area (Å²) in [7, 11) is 2.04. The first-order chi connectivity index (χ1) is 8.70. The second-order valence-corrected chi connectivity index (χ2v) is 4.57. The largest absolute Gasteiger partial charge is 0.376 e. The molecule has 0 aliphatic carbocycles. The van der Waals surface area contributed by atoms with E-state index in [-0.39, 0.29) is 6.10 Å². The molecule has 5 nitrogen and oxygen atoms in total. The zero-order valence-corrected chi connectivity index (χ0v) is 11.3. The first kappa shape index (κ1) is 13.2. The van der Waals surface area contributed by atoms with Crippen LogP contribution in [0.5, 0.6) is 0 Å². The molecule has 0 spiro atoms. The van der Waals surface area contributed by atoms with Crippen LogP contribution in [0.15, 0.2) is 6.20 Å². The number of anilines is 1. The molecule has 0 amide bonds. The van der Waals surface area contributed by atoms with Gasteiger partial charge in [0.05, 0.1) is 25.9 Å². The Balaban J connectivity index is 2.07. The van der Waals surface area contributed by atoms with E-state index in [2.05, 4.69) is 21.8 Å². The molecule has 1 aromatic heterocycles. The molecule has 1 saturated heterocycles. The minimum atomic E-state index is 0.128. The summed E-state index contributed by atoms with van der Waals surface area (Å²) in [6.07, 6.45) is 2.97. The van der Waals surface area contributed by atoms with Crippen molar-refractivity contribution in [1.29, 1.82) is 0 Å². The Morgan fingerprint density at radius 3 is 2.94 bits per heavy atom. The van der Waals surface area contributed by atoms with Crippen LogP contribution in [0.2, 0.25) is 0 Å². The van der Waals surface area contributed by atoms with Crippen LogP contribution in [0.3, 0.4) is 0 Å². The van der Waals surface area contributed by atoms with Gasteiger partial charge in [-0.1, -0.05) is 6.92 Å². The normalized spacial score (nSPS) is 19.8. The molecule has 0 aromatic carbocycles. The highest BCUT2D eigenvalue weighted by atomic mass is 16.6. The summed E-state index contributed by atoms with van der Waals surface area (Å²) in [4.78, 5) is 10.9. The maximum atomic E-state index is 5.66. The van der Waals surface area contributed by atoms with Crippen molar-refractivity contribution < 1.29 is 9.47 Å². The minimum Gasteiger partial charge on any atom is -0.376 e. The third-order valence-electron chi connectivity index (χ3n) is 3.07. The predicted octanol–water partition coefficient (Wildman–Crippen LogP) is 1.20. The monoisotopic (exact) mass is 251 g/mol. The van der Waals surface area contributed by atoms with Crippen molar-refractivity contribution in [2.75, 3.05) is 38.3 Å². The molecular weight excluding hydrogens is 230 g/mol. The van der Waals surface area contributed by atoms with Crippen molar-refractivity contribution in [1.82, 2.24) is 9.97 Å². The number of likely N-dealkylation sites (N-methyl/N-ethyl adjacent to an activating group) is 1. The molecule has 100 valence electrons. The molecule has 0 bridgehead atoms. The summed E-state index contributed by atoms with van der Waals surface area (Å²) in [6, 6.07) is 0. The molecule has 1 unspecified atom stereocenters. The Bertz CT molecular complexity index is 392. The highest BCUT2D eigenvalue weighted by Crippen LogP contribution is 2.17. The number of aryl methyl sites for hydroxylation is 2. The van der Waals surface area contributed by atoms with Crippen LogP contribution in [-0.4, -0.2) is 49.5 Å². The van der Waals surface area contributed by atoms with Gasteiger partial charge in [0.1, 0.15) is 11.6 Å². The van der Waals surface area contributed by atoms with Crippen LogP contribution < -0.4 is 4.90 Å². The van der Waals surface area contributed by atoms with E-state index in [4.69, 9.17) is 9.47 Å². The van der Waals surface area contributed by atoms with Gasteiger partial charge in [0.15, 0.2) is 0 Å². The zero-order chi connectivity index (χ0) is 13.0. The van der Waals surface area contributed by atoms with E-state index in [9.17, 15) is 0 Å². The first-order valence-electron chi connectivity index (χ1n) is 6.43. The van der Waals surface area contributed by atoms with Crippen molar-refractivity contribution in [3.63, 3.8) is 0 Å². The van der Waals surface area contributed by atoms with Crippen LogP contribution in [0, 0.1) is 6.92 Å². The van der Waals surface area contributed by atoms with Gasteiger partial charge >= 0.3 is 0 Å². The smallest absolute Gasteiger partial charge is 0.135 e. The van der Waals surface area contributed by atoms with Crippen molar-refractivity contribution in [3.05, 3.63) is 17.6 Å². The average Bonchev–Trinajstić information content (AvgIpc) is 2.40. The Labute approximate surface area is 108 Å². The molecule has 0 N–H and O–H groups in total. The lowest BCUT2D eigenvalue weighted by Crippen LogP contribution is -2.39. The first-order valence-corrected chi connectivity index (χ1v) is 6.43. The second-order valence-electron chi connectivity index (χ2n) is 4.57. The van der Waals surface area contributed by atoms with E-state index in [1.54, 1.807) is 0 Å². The quantitative estimate of drug-likeness (QED) is 0.804. The highest BCUT2D eigenvalue weighted by Gasteiger charge is 2.18. The second kappa shape index (κ2) is 6.11. The summed E-state index contributed by atoms with van der Waals surface area (Å²) in [5.41, 5.74) is 1.17. The average molecular weight is 251 g/mol. The van der Waals surface area contributed by atoms with Gasteiger partial charge in [0.25, 0.3) is 0 Å². The maximum absolute atomic E-state index is 5.66. The standard InChI is InChI=1S/C13H21N3O2/c1-4-11-7-14-10(2)15-13(11)16(3)8-12-9-17-5-6-18-12/h7,12H,4-6,8-9H2,1-3H3. The summed E-state index contributed by atoms with van der Waals surface area (Å²) < 4.78 is 11.1. The fraction of sp³-hybridized carbons (Fsp3) is 0.692. The molecule has 1 aromatic rings. The molecular formula is C13H21N3O2. The van der Waals surface area contributed by atoms with Gasteiger partial charge in [-0.2, -0.15) is 0 Å². The molecule has 1 atom stereocenters. The molecule has 1 aliphatic rings. The van der Waals surface area contributed by atoms with Gasteiger partial charge in [-0.05, 0) is 13.3 Å². The number of rotatable bonds is 4. The van der Waals surface area contributed by atoms with Crippen molar-refractivity contribution >= 4 is 5.82 Å². The van der Waals surface area contributed by atoms with Crippen LogP contribution in [0.1, 0.15) is 18.3 Å². The van der Waals surface area contributed by atoms with E-state index in [0.717, 1.165) is 24.6 Å². The lowest BCUT2D eigenvalue weighted by molar-refractivity contribution is -0.0837. The van der Waals surface area contributed by atoms with Gasteiger partial charge in [-0.15, -0.1) is 0 Å². The molecule has 1 fully saturated rings. The maximum Gasteiger partial charge on any atom is 0.135 e. The van der Waals surface area contributed by atoms with Gasteiger partial charge < -0.3 is 14.4 Å². The van der Waals surface area contributed by atoms with Crippen molar-refractivity contribution in [2.24, 2.45) is 0 Å². The van der Waals surface area contributed by atoms with E-state index >= 15 is 0 Å². The number of hydrogen-bond donors (Lipinski definition) is 0. The molecule has 2 heterocycles. The van der Waals surface area contributed by atoms with Crippen LogP contribution in [-0.2, 0) is 15.9 Å². The fourth-order valence-corrected chi connectivity index (χ4v) is 2.10. The third kappa shape index (κ3) is 3.17. The number of hydrogen-bond acceptors (Lipinski definition) is 5. The summed E-state index contributed by atoms with van der Waals surface area (Å²) in [5.74, 6) is 1.80. The van der Waals surface area contributed by atoms with E-state index in [1.165, 1.54) is 5.56 Å². The summed E-state index contributed by atoms with van der Waals surface area (Å²) in [5, 5.41) is 0. The Morgan fingerprint density at radius 2 is 2.28 bits per heavy atom. The van der Waals surface area contributed by atoms with E-state index in [1.807, 2.05) is 20.2 Å². The van der Waals surface area contributed by atoms with E-state index < -0.39 is 0 Å². The Hall–Kier alpha value is -1.20. The summed E-state index contributed by atoms with van der Waals surface area (Å²) in [6.45, 7) is 6.87.